The first-order valence-electron chi connectivity index (χ1n) is 6.72. The number of aryl methyl sites for hydroxylation is 1. The standard InChI is InChI=1S/C17H13BrN2OS/c1-11-3-2-10-19-16(11)20-17(21)15-9-8-14(22-15)12-4-6-13(18)7-5-12/h2-10H,1H3,(H,19,20,21). The molecule has 0 fully saturated rings. The van der Waals surface area contributed by atoms with Gasteiger partial charge in [0.05, 0.1) is 4.88 Å². The van der Waals surface area contributed by atoms with Crippen molar-refractivity contribution in [3.8, 4) is 10.4 Å². The highest BCUT2D eigenvalue weighted by molar-refractivity contribution is 9.10. The number of thiophene rings is 1. The molecule has 1 aromatic carbocycles. The Morgan fingerprint density at radius 1 is 1.14 bits per heavy atom. The first kappa shape index (κ1) is 14.9. The van der Waals surface area contributed by atoms with E-state index in [9.17, 15) is 4.79 Å². The smallest absolute Gasteiger partial charge is 0.266 e. The van der Waals surface area contributed by atoms with Gasteiger partial charge in [-0.2, -0.15) is 0 Å². The van der Waals surface area contributed by atoms with E-state index >= 15 is 0 Å². The van der Waals surface area contributed by atoms with Crippen LogP contribution in [0.3, 0.4) is 0 Å². The number of amides is 1. The number of pyridine rings is 1. The number of benzene rings is 1. The molecule has 0 aliphatic carbocycles. The molecule has 1 N–H and O–H groups in total. The molecular weight excluding hydrogens is 360 g/mol. The van der Waals surface area contributed by atoms with Gasteiger partial charge in [0, 0.05) is 15.5 Å². The zero-order chi connectivity index (χ0) is 15.5. The van der Waals surface area contributed by atoms with E-state index < -0.39 is 0 Å². The fourth-order valence-corrected chi connectivity index (χ4v) is 3.19. The highest BCUT2D eigenvalue weighted by Gasteiger charge is 2.12. The summed E-state index contributed by atoms with van der Waals surface area (Å²) < 4.78 is 1.04. The number of anilines is 1. The number of nitrogens with zero attached hydrogens (tertiary/aromatic N) is 1. The molecular formula is C17H13BrN2OS. The Morgan fingerprint density at radius 3 is 2.64 bits per heavy atom. The molecule has 0 spiro atoms. The first-order valence-corrected chi connectivity index (χ1v) is 8.33. The van der Waals surface area contributed by atoms with Crippen LogP contribution >= 0.6 is 27.3 Å². The normalized spacial score (nSPS) is 10.5. The highest BCUT2D eigenvalue weighted by Crippen LogP contribution is 2.29. The van der Waals surface area contributed by atoms with Crippen LogP contribution in [0.2, 0.25) is 0 Å². The second kappa shape index (κ2) is 6.42. The van der Waals surface area contributed by atoms with E-state index in [1.165, 1.54) is 11.3 Å². The minimum absolute atomic E-state index is 0.129. The number of hydrogen-bond donors (Lipinski definition) is 1. The molecule has 0 aliphatic rings. The van der Waals surface area contributed by atoms with Crippen molar-refractivity contribution >= 4 is 39.0 Å². The number of hydrogen-bond acceptors (Lipinski definition) is 3. The van der Waals surface area contributed by atoms with E-state index in [0.29, 0.717) is 10.7 Å². The van der Waals surface area contributed by atoms with E-state index in [0.717, 1.165) is 20.5 Å². The molecule has 110 valence electrons. The number of carbonyl (C=O) groups is 1. The molecule has 1 amide bonds. The van der Waals surface area contributed by atoms with Gasteiger partial charge in [0.2, 0.25) is 0 Å². The SMILES string of the molecule is Cc1cccnc1NC(=O)c1ccc(-c2ccc(Br)cc2)s1. The van der Waals surface area contributed by atoms with Crippen LogP contribution in [-0.2, 0) is 0 Å². The van der Waals surface area contributed by atoms with Crippen molar-refractivity contribution in [2.45, 2.75) is 6.92 Å². The van der Waals surface area contributed by atoms with Gasteiger partial charge in [0.15, 0.2) is 0 Å². The van der Waals surface area contributed by atoms with Crippen LogP contribution in [0.25, 0.3) is 10.4 Å². The molecule has 0 radical (unpaired) electrons. The Hall–Kier alpha value is -1.98. The van der Waals surface area contributed by atoms with Gasteiger partial charge in [-0.05, 0) is 48.4 Å². The maximum Gasteiger partial charge on any atom is 0.266 e. The van der Waals surface area contributed by atoms with Gasteiger partial charge in [0.25, 0.3) is 5.91 Å². The molecule has 3 aromatic rings. The minimum atomic E-state index is -0.129. The number of carbonyl (C=O) groups excluding carboxylic acids is 1. The Morgan fingerprint density at radius 2 is 1.91 bits per heavy atom. The van der Waals surface area contributed by atoms with Crippen molar-refractivity contribution in [2.75, 3.05) is 5.32 Å². The van der Waals surface area contributed by atoms with Crippen LogP contribution in [0.4, 0.5) is 5.82 Å². The van der Waals surface area contributed by atoms with E-state index in [2.05, 4.69) is 26.2 Å². The molecule has 0 aliphatic heterocycles. The molecule has 0 bridgehead atoms. The van der Waals surface area contributed by atoms with Crippen LogP contribution in [0.15, 0.2) is 59.2 Å². The van der Waals surface area contributed by atoms with Crippen LogP contribution in [0, 0.1) is 6.92 Å². The van der Waals surface area contributed by atoms with Crippen molar-refractivity contribution in [2.24, 2.45) is 0 Å². The van der Waals surface area contributed by atoms with Gasteiger partial charge in [-0.3, -0.25) is 4.79 Å². The van der Waals surface area contributed by atoms with Crippen LogP contribution in [0.1, 0.15) is 15.2 Å². The fraction of sp³-hybridized carbons (Fsp3) is 0.0588. The molecule has 22 heavy (non-hydrogen) atoms. The predicted octanol–water partition coefficient (Wildman–Crippen LogP) is 5.13. The third-order valence-electron chi connectivity index (χ3n) is 3.20. The van der Waals surface area contributed by atoms with Crippen molar-refractivity contribution in [1.82, 2.24) is 4.98 Å². The van der Waals surface area contributed by atoms with Crippen molar-refractivity contribution in [3.63, 3.8) is 0 Å². The zero-order valence-corrected chi connectivity index (χ0v) is 14.2. The molecule has 3 nitrogen and oxygen atoms in total. The average molecular weight is 373 g/mol. The summed E-state index contributed by atoms with van der Waals surface area (Å²) in [5.41, 5.74) is 2.04. The molecule has 2 aromatic heterocycles. The summed E-state index contributed by atoms with van der Waals surface area (Å²) in [5.74, 6) is 0.473. The number of aromatic nitrogens is 1. The lowest BCUT2D eigenvalue weighted by Gasteiger charge is -2.05. The van der Waals surface area contributed by atoms with Gasteiger partial charge < -0.3 is 5.32 Å². The van der Waals surface area contributed by atoms with Gasteiger partial charge in [-0.25, -0.2) is 4.98 Å². The summed E-state index contributed by atoms with van der Waals surface area (Å²) in [4.78, 5) is 18.2. The second-order valence-electron chi connectivity index (χ2n) is 4.79. The third-order valence-corrected chi connectivity index (χ3v) is 4.86. The summed E-state index contributed by atoms with van der Waals surface area (Å²) in [6, 6.07) is 15.6. The van der Waals surface area contributed by atoms with Crippen molar-refractivity contribution in [3.05, 3.63) is 69.6 Å². The summed E-state index contributed by atoms with van der Waals surface area (Å²) in [6.45, 7) is 1.92. The van der Waals surface area contributed by atoms with E-state index in [-0.39, 0.29) is 5.91 Å². The largest absolute Gasteiger partial charge is 0.306 e. The maximum atomic E-state index is 12.3. The number of halogens is 1. The van der Waals surface area contributed by atoms with Gasteiger partial charge in [0.1, 0.15) is 5.82 Å². The topological polar surface area (TPSA) is 42.0 Å². The van der Waals surface area contributed by atoms with Crippen LogP contribution < -0.4 is 5.32 Å². The van der Waals surface area contributed by atoms with Gasteiger partial charge in [-0.1, -0.05) is 34.1 Å². The Balaban J connectivity index is 1.80. The lowest BCUT2D eigenvalue weighted by atomic mass is 10.2. The maximum absolute atomic E-state index is 12.3. The molecule has 0 saturated carbocycles. The zero-order valence-electron chi connectivity index (χ0n) is 11.8. The van der Waals surface area contributed by atoms with Gasteiger partial charge in [-0.15, -0.1) is 11.3 Å². The summed E-state index contributed by atoms with van der Waals surface area (Å²) in [6.07, 6.45) is 1.67. The van der Waals surface area contributed by atoms with Gasteiger partial charge >= 0.3 is 0 Å². The second-order valence-corrected chi connectivity index (χ2v) is 6.79. The molecule has 2 heterocycles. The average Bonchev–Trinajstić information content (AvgIpc) is 3.00. The predicted molar refractivity (Wildman–Crippen MR) is 94.4 cm³/mol. The minimum Gasteiger partial charge on any atom is -0.306 e. The molecule has 3 rings (SSSR count). The fourth-order valence-electron chi connectivity index (χ4n) is 2.01. The first-order chi connectivity index (χ1) is 10.6. The number of rotatable bonds is 3. The molecule has 5 heteroatoms. The molecule has 0 atom stereocenters. The van der Waals surface area contributed by atoms with E-state index in [1.54, 1.807) is 6.20 Å². The Kier molecular flexibility index (Phi) is 4.36. The molecule has 0 saturated heterocycles. The van der Waals surface area contributed by atoms with Crippen molar-refractivity contribution < 1.29 is 4.79 Å². The summed E-state index contributed by atoms with van der Waals surface area (Å²) in [5, 5.41) is 2.85. The lowest BCUT2D eigenvalue weighted by molar-refractivity contribution is 0.103. The Labute approximate surface area is 141 Å². The summed E-state index contributed by atoms with van der Waals surface area (Å²) >= 11 is 4.89. The number of nitrogens with one attached hydrogen (secondary N) is 1. The quantitative estimate of drug-likeness (QED) is 0.691. The molecule has 0 unspecified atom stereocenters. The van der Waals surface area contributed by atoms with E-state index in [4.69, 9.17) is 0 Å². The Bertz CT molecular complexity index is 812. The van der Waals surface area contributed by atoms with Crippen molar-refractivity contribution in [1.29, 1.82) is 0 Å². The van der Waals surface area contributed by atoms with E-state index in [1.807, 2.05) is 55.5 Å². The third kappa shape index (κ3) is 3.26. The highest BCUT2D eigenvalue weighted by atomic mass is 79.9. The monoisotopic (exact) mass is 372 g/mol. The van der Waals surface area contributed by atoms with Crippen LogP contribution in [0.5, 0.6) is 0 Å². The summed E-state index contributed by atoms with van der Waals surface area (Å²) in [7, 11) is 0. The lowest BCUT2D eigenvalue weighted by Crippen LogP contribution is -2.12. The van der Waals surface area contributed by atoms with Crippen LogP contribution in [-0.4, -0.2) is 10.9 Å².